The van der Waals surface area contributed by atoms with Crippen LogP contribution in [0.1, 0.15) is 17.5 Å². The van der Waals surface area contributed by atoms with E-state index in [1.54, 1.807) is 24.2 Å². The summed E-state index contributed by atoms with van der Waals surface area (Å²) < 4.78 is 0. The van der Waals surface area contributed by atoms with E-state index < -0.39 is 0 Å². The van der Waals surface area contributed by atoms with Crippen molar-refractivity contribution >= 4 is 17.8 Å². The number of nitrogens with one attached hydrogen (secondary N) is 2. The second-order valence-corrected chi connectivity index (χ2v) is 5.59. The number of benzene rings is 1. The maximum Gasteiger partial charge on any atom is 0.317 e. The van der Waals surface area contributed by atoms with Crippen LogP contribution in [-0.2, 0) is 11.3 Å². The third-order valence-electron chi connectivity index (χ3n) is 3.42. The van der Waals surface area contributed by atoms with Gasteiger partial charge in [0.2, 0.25) is 5.91 Å². The third kappa shape index (κ3) is 5.72. The second-order valence-electron chi connectivity index (χ2n) is 5.59. The van der Waals surface area contributed by atoms with Crippen LogP contribution in [0.25, 0.3) is 0 Å². The molecule has 0 spiro atoms. The number of urea groups is 1. The van der Waals surface area contributed by atoms with Crippen LogP contribution >= 0.6 is 0 Å². The minimum absolute atomic E-state index is 0.183. The normalized spacial score (nSPS) is 10.1. The predicted molar refractivity (Wildman–Crippen MR) is 93.5 cm³/mol. The molecule has 1 heterocycles. The zero-order chi connectivity index (χ0) is 17.4. The molecular weight excluding hydrogens is 304 g/mol. The number of carbonyl (C=O) groups is 2. The Morgan fingerprint density at radius 3 is 2.54 bits per heavy atom. The Bertz CT molecular complexity index is 671. The van der Waals surface area contributed by atoms with Crippen molar-refractivity contribution in [2.24, 2.45) is 0 Å². The van der Waals surface area contributed by atoms with Crippen molar-refractivity contribution in [2.75, 3.05) is 18.9 Å². The highest BCUT2D eigenvalue weighted by atomic mass is 16.2. The van der Waals surface area contributed by atoms with Gasteiger partial charge in [-0.25, -0.2) is 9.78 Å². The van der Waals surface area contributed by atoms with Gasteiger partial charge in [-0.3, -0.25) is 4.79 Å². The lowest BCUT2D eigenvalue weighted by Crippen LogP contribution is -2.38. The molecule has 0 saturated heterocycles. The van der Waals surface area contributed by atoms with E-state index in [2.05, 4.69) is 15.6 Å². The number of carbonyl (C=O) groups excluding carboxylic acids is 2. The fourth-order valence-corrected chi connectivity index (χ4v) is 2.09. The first kappa shape index (κ1) is 17.5. The fourth-order valence-electron chi connectivity index (χ4n) is 2.09. The first-order valence-corrected chi connectivity index (χ1v) is 7.80. The molecule has 2 N–H and O–H groups in total. The lowest BCUT2D eigenvalue weighted by molar-refractivity contribution is -0.116. The molecule has 3 amide bonds. The van der Waals surface area contributed by atoms with E-state index in [-0.39, 0.29) is 24.9 Å². The highest BCUT2D eigenvalue weighted by Gasteiger charge is 2.09. The number of aryl methyl sites for hydroxylation is 1. The zero-order valence-corrected chi connectivity index (χ0v) is 14.0. The number of aromatic nitrogens is 1. The van der Waals surface area contributed by atoms with Crippen LogP contribution in [0.5, 0.6) is 0 Å². The molecule has 1 aromatic carbocycles. The number of pyridine rings is 1. The Labute approximate surface area is 141 Å². The molecule has 24 heavy (non-hydrogen) atoms. The van der Waals surface area contributed by atoms with Gasteiger partial charge in [-0.15, -0.1) is 0 Å². The third-order valence-corrected chi connectivity index (χ3v) is 3.42. The van der Waals surface area contributed by atoms with E-state index in [0.717, 1.165) is 11.1 Å². The quantitative estimate of drug-likeness (QED) is 0.857. The SMILES string of the molecule is Cc1ccc(NC(=O)CCNC(=O)N(C)Cc2ccccc2)nc1. The monoisotopic (exact) mass is 326 g/mol. The van der Waals surface area contributed by atoms with Crippen molar-refractivity contribution in [3.05, 3.63) is 59.8 Å². The molecule has 0 atom stereocenters. The second kappa shape index (κ2) is 8.67. The number of anilines is 1. The maximum absolute atomic E-state index is 12.0. The molecule has 0 aliphatic rings. The number of amides is 3. The predicted octanol–water partition coefficient (Wildman–Crippen LogP) is 2.56. The van der Waals surface area contributed by atoms with E-state index in [1.807, 2.05) is 43.3 Å². The van der Waals surface area contributed by atoms with Gasteiger partial charge in [0.1, 0.15) is 5.82 Å². The van der Waals surface area contributed by atoms with Crippen LogP contribution in [-0.4, -0.2) is 35.4 Å². The Hall–Kier alpha value is -2.89. The van der Waals surface area contributed by atoms with Gasteiger partial charge in [0, 0.05) is 32.8 Å². The Morgan fingerprint density at radius 1 is 1.12 bits per heavy atom. The largest absolute Gasteiger partial charge is 0.337 e. The highest BCUT2D eigenvalue weighted by Crippen LogP contribution is 2.04. The van der Waals surface area contributed by atoms with Gasteiger partial charge in [-0.05, 0) is 24.1 Å². The lowest BCUT2D eigenvalue weighted by Gasteiger charge is -2.18. The van der Waals surface area contributed by atoms with E-state index in [4.69, 9.17) is 0 Å². The van der Waals surface area contributed by atoms with Gasteiger partial charge in [0.15, 0.2) is 0 Å². The van der Waals surface area contributed by atoms with Gasteiger partial charge in [0.05, 0.1) is 0 Å². The minimum Gasteiger partial charge on any atom is -0.337 e. The molecular formula is C18H22N4O2. The van der Waals surface area contributed by atoms with Crippen LogP contribution in [0.15, 0.2) is 48.7 Å². The Balaban J connectivity index is 1.69. The van der Waals surface area contributed by atoms with Crippen LogP contribution in [0.3, 0.4) is 0 Å². The van der Waals surface area contributed by atoms with Crippen LogP contribution in [0.2, 0.25) is 0 Å². The highest BCUT2D eigenvalue weighted by molar-refractivity contribution is 5.90. The van der Waals surface area contributed by atoms with Gasteiger partial charge < -0.3 is 15.5 Å². The summed E-state index contributed by atoms with van der Waals surface area (Å²) in [6, 6.07) is 13.2. The molecule has 0 radical (unpaired) electrons. The molecule has 126 valence electrons. The maximum atomic E-state index is 12.0. The summed E-state index contributed by atoms with van der Waals surface area (Å²) in [5.41, 5.74) is 2.08. The summed E-state index contributed by atoms with van der Waals surface area (Å²) >= 11 is 0. The van der Waals surface area contributed by atoms with Crippen molar-refractivity contribution in [1.82, 2.24) is 15.2 Å². The molecule has 6 heteroatoms. The standard InChI is InChI=1S/C18H22N4O2/c1-14-8-9-16(20-12-14)21-17(23)10-11-19-18(24)22(2)13-15-6-4-3-5-7-15/h3-9,12H,10-11,13H2,1-2H3,(H,19,24)(H,20,21,23). The number of nitrogens with zero attached hydrogens (tertiary/aromatic N) is 2. The summed E-state index contributed by atoms with van der Waals surface area (Å²) in [6.45, 7) is 2.72. The molecule has 6 nitrogen and oxygen atoms in total. The number of hydrogen-bond donors (Lipinski definition) is 2. The summed E-state index contributed by atoms with van der Waals surface area (Å²) in [7, 11) is 1.72. The summed E-state index contributed by atoms with van der Waals surface area (Å²) in [5.74, 6) is 0.329. The Morgan fingerprint density at radius 2 is 1.88 bits per heavy atom. The molecule has 0 aliphatic carbocycles. The number of hydrogen-bond acceptors (Lipinski definition) is 3. The first-order chi connectivity index (χ1) is 11.5. The zero-order valence-electron chi connectivity index (χ0n) is 14.0. The first-order valence-electron chi connectivity index (χ1n) is 7.80. The molecule has 0 bridgehead atoms. The van der Waals surface area contributed by atoms with E-state index in [0.29, 0.717) is 12.4 Å². The van der Waals surface area contributed by atoms with Crippen LogP contribution in [0.4, 0.5) is 10.6 Å². The Kier molecular flexibility index (Phi) is 6.31. The lowest BCUT2D eigenvalue weighted by atomic mass is 10.2. The van der Waals surface area contributed by atoms with Gasteiger partial charge >= 0.3 is 6.03 Å². The van der Waals surface area contributed by atoms with Crippen molar-refractivity contribution in [2.45, 2.75) is 19.9 Å². The summed E-state index contributed by atoms with van der Waals surface area (Å²) in [6.07, 6.45) is 1.89. The van der Waals surface area contributed by atoms with Gasteiger partial charge in [-0.1, -0.05) is 36.4 Å². The summed E-state index contributed by atoms with van der Waals surface area (Å²) in [5, 5.41) is 5.43. The summed E-state index contributed by atoms with van der Waals surface area (Å²) in [4.78, 5) is 29.5. The van der Waals surface area contributed by atoms with Crippen molar-refractivity contribution in [1.29, 1.82) is 0 Å². The molecule has 2 aromatic rings. The minimum atomic E-state index is -0.208. The van der Waals surface area contributed by atoms with Crippen LogP contribution in [0, 0.1) is 6.92 Å². The van der Waals surface area contributed by atoms with Crippen molar-refractivity contribution < 1.29 is 9.59 Å². The van der Waals surface area contributed by atoms with Gasteiger partial charge in [0.25, 0.3) is 0 Å². The smallest absolute Gasteiger partial charge is 0.317 e. The van der Waals surface area contributed by atoms with E-state index in [9.17, 15) is 9.59 Å². The molecule has 0 unspecified atom stereocenters. The van der Waals surface area contributed by atoms with E-state index >= 15 is 0 Å². The fraction of sp³-hybridized carbons (Fsp3) is 0.278. The molecule has 0 saturated carbocycles. The topological polar surface area (TPSA) is 74.3 Å². The number of rotatable bonds is 6. The molecule has 0 fully saturated rings. The van der Waals surface area contributed by atoms with Crippen molar-refractivity contribution in [3.8, 4) is 0 Å². The molecule has 0 aliphatic heterocycles. The van der Waals surface area contributed by atoms with Gasteiger partial charge in [-0.2, -0.15) is 0 Å². The van der Waals surface area contributed by atoms with Crippen LogP contribution < -0.4 is 10.6 Å². The average molecular weight is 326 g/mol. The molecule has 2 rings (SSSR count). The van der Waals surface area contributed by atoms with E-state index in [1.165, 1.54) is 0 Å². The van der Waals surface area contributed by atoms with Crippen molar-refractivity contribution in [3.63, 3.8) is 0 Å². The molecule has 1 aromatic heterocycles. The average Bonchev–Trinajstić information content (AvgIpc) is 2.57.